The first kappa shape index (κ1) is 108. The predicted molar refractivity (Wildman–Crippen MR) is 531 cm³/mol. The zero-order valence-electron chi connectivity index (χ0n) is 84.0. The molecule has 4 N–H and O–H groups in total. The molecule has 16 rings (SSSR count). The lowest BCUT2D eigenvalue weighted by Crippen LogP contribution is -2.40. The highest BCUT2D eigenvalue weighted by Crippen LogP contribution is 2.45. The first-order valence-corrected chi connectivity index (χ1v) is 45.8. The van der Waals surface area contributed by atoms with Gasteiger partial charge >= 0.3 is 0 Å². The van der Waals surface area contributed by atoms with Crippen molar-refractivity contribution in [1.82, 2.24) is 98.5 Å². The van der Waals surface area contributed by atoms with Crippen LogP contribution in [0, 0.1) is 34.9 Å². The van der Waals surface area contributed by atoms with E-state index >= 15 is 26.3 Å². The van der Waals surface area contributed by atoms with E-state index in [2.05, 4.69) is 75.2 Å². The number of rotatable bonds is 39. The van der Waals surface area contributed by atoms with Gasteiger partial charge in [-0.2, -0.15) is 20.4 Å². The first-order chi connectivity index (χ1) is 70.0. The highest BCUT2D eigenvalue weighted by atomic mass is 19.2. The van der Waals surface area contributed by atoms with Crippen LogP contribution in [0.1, 0.15) is 55.4 Å². The van der Waals surface area contributed by atoms with Crippen molar-refractivity contribution in [3.8, 4) is 91.0 Å². The Morgan fingerprint density at radius 1 is 0.356 bits per heavy atom. The normalized spacial score (nSPS) is 12.4. The summed E-state index contributed by atoms with van der Waals surface area (Å²) in [6.07, 6.45) is 17.0. The Bertz CT molecular complexity index is 7200. The number of benzene rings is 4. The number of nitrogens with zero attached hydrogens (tertiary/aromatic N) is 24. The molecule has 16 aromatic rings. The number of hydrogen-bond acceptors (Lipinski definition) is 35. The van der Waals surface area contributed by atoms with E-state index < -0.39 is 77.2 Å². The molecule has 0 radical (unpaired) electrons. The lowest BCUT2D eigenvalue weighted by molar-refractivity contribution is -0.000711. The van der Waals surface area contributed by atoms with Crippen molar-refractivity contribution in [3.63, 3.8) is 0 Å². The van der Waals surface area contributed by atoms with Crippen LogP contribution in [0.2, 0.25) is 0 Å². The molecule has 772 valence electrons. The van der Waals surface area contributed by atoms with E-state index in [0.717, 1.165) is 34.4 Å². The summed E-state index contributed by atoms with van der Waals surface area (Å²) in [4.78, 5) is 58.7. The molecule has 0 saturated heterocycles. The van der Waals surface area contributed by atoms with Crippen molar-refractivity contribution in [3.05, 3.63) is 200 Å². The van der Waals surface area contributed by atoms with Crippen LogP contribution in [-0.4, -0.2) is 271 Å². The Kier molecular flexibility index (Phi) is 36.3. The average Bonchev–Trinajstić information content (AvgIpc) is 0.902. The topological polar surface area (TPSA) is 432 Å². The zero-order valence-corrected chi connectivity index (χ0v) is 84.0. The molecule has 40 nitrogen and oxygen atoms in total. The minimum absolute atomic E-state index is 0.00159. The maximum Gasteiger partial charge on any atom is 0.191 e. The van der Waals surface area contributed by atoms with Gasteiger partial charge in [-0.3, -0.25) is 38.7 Å². The van der Waals surface area contributed by atoms with Crippen LogP contribution in [-0.2, 0) is 53.7 Å². The third-order valence-corrected chi connectivity index (χ3v) is 22.0. The lowest BCUT2D eigenvalue weighted by atomic mass is 10.1. The molecule has 12 heterocycles. The SMILES string of the molecule is COc1cc(N=c2ccc3ncc(-c4cnn(C)c4)nc3n2CC(O)COC(C)C)c(F)c(OC)c1.COc1cc(OC)c(F)c(N(CC(O)COC(C)C)c2ccc3ncc(-c4cnn(C)c4)nc3n2)c1.COc1cc(OC)c(F)c(N(CC(O)COC(C)C)c2ccc3ncc(-c4cnn(C)c4)nc3n2)c1F.COc1cc(OC)c(F)c(N(c2ccc3ncc(-c4cnn(C)c4)nc3n2)C(CO)COC(C)C)c1F. The summed E-state index contributed by atoms with van der Waals surface area (Å²) in [6, 6.07) is 20.5. The summed E-state index contributed by atoms with van der Waals surface area (Å²) in [6.45, 7) is 14.2. The Labute approximate surface area is 835 Å². The summed E-state index contributed by atoms with van der Waals surface area (Å²) in [5.41, 5.74) is 8.21. The Morgan fingerprint density at radius 3 is 1.10 bits per heavy atom. The molecule has 0 aliphatic carbocycles. The number of halogens is 6. The molecule has 12 aromatic heterocycles. The maximum atomic E-state index is 15.6. The van der Waals surface area contributed by atoms with Crippen LogP contribution in [0.3, 0.4) is 0 Å². The third-order valence-electron chi connectivity index (χ3n) is 22.0. The van der Waals surface area contributed by atoms with Gasteiger partial charge in [0.15, 0.2) is 92.0 Å². The quantitative estimate of drug-likeness (QED) is 0.0260. The number of anilines is 6. The molecular formula is C100H114F6N24O16. The summed E-state index contributed by atoms with van der Waals surface area (Å²) in [5, 5.41) is 59.1. The van der Waals surface area contributed by atoms with E-state index in [1.165, 1.54) is 90.9 Å². The number of aromatic nitrogens is 20. The van der Waals surface area contributed by atoms with Gasteiger partial charge in [-0.15, -0.1) is 0 Å². The average molecular weight is 2020 g/mol. The highest BCUT2D eigenvalue weighted by molar-refractivity contribution is 5.82. The molecule has 4 unspecified atom stereocenters. The smallest absolute Gasteiger partial charge is 0.191 e. The summed E-state index contributed by atoms with van der Waals surface area (Å²) < 4.78 is 165. The maximum absolute atomic E-state index is 15.6. The number of fused-ring (bicyclic) bond motifs is 4. The number of methoxy groups -OCH3 is 8. The summed E-state index contributed by atoms with van der Waals surface area (Å²) in [5.74, 6) is -4.73. The fourth-order valence-electron chi connectivity index (χ4n) is 14.8. The molecule has 0 aliphatic rings. The number of aryl methyl sites for hydroxylation is 4. The molecule has 4 aromatic carbocycles. The minimum atomic E-state index is -1.11. The Hall–Kier alpha value is -15.5. The Balaban J connectivity index is 0.000000163. The number of ether oxygens (including phenoxy) is 12. The second kappa shape index (κ2) is 49.2. The number of aliphatic hydroxyl groups is 4. The fraction of sp³-hybridized carbons (Fsp3) is 0.360. The van der Waals surface area contributed by atoms with Gasteiger partial charge in [-0.25, -0.2) is 66.2 Å². The van der Waals surface area contributed by atoms with E-state index in [9.17, 15) is 20.4 Å². The monoisotopic (exact) mass is 2020 g/mol. The fourth-order valence-corrected chi connectivity index (χ4v) is 14.8. The van der Waals surface area contributed by atoms with E-state index in [-0.39, 0.29) is 139 Å². The highest BCUT2D eigenvalue weighted by Gasteiger charge is 2.35. The molecule has 0 saturated carbocycles. The van der Waals surface area contributed by atoms with Crippen molar-refractivity contribution in [2.45, 2.75) is 111 Å². The third kappa shape index (κ3) is 26.2. The summed E-state index contributed by atoms with van der Waals surface area (Å²) in [7, 11) is 18.0. The van der Waals surface area contributed by atoms with E-state index in [0.29, 0.717) is 78.9 Å². The van der Waals surface area contributed by atoms with Crippen molar-refractivity contribution in [1.29, 1.82) is 0 Å². The largest absolute Gasteiger partial charge is 0.497 e. The van der Waals surface area contributed by atoms with Crippen molar-refractivity contribution in [2.24, 2.45) is 33.2 Å². The first-order valence-electron chi connectivity index (χ1n) is 45.8. The molecule has 0 amide bonds. The molecular weight excluding hydrogens is 1910 g/mol. The van der Waals surface area contributed by atoms with E-state index in [1.54, 1.807) is 153 Å². The van der Waals surface area contributed by atoms with Crippen LogP contribution in [0.4, 0.5) is 66.5 Å². The molecule has 0 bridgehead atoms. The van der Waals surface area contributed by atoms with Crippen LogP contribution < -0.4 is 58.1 Å². The predicted octanol–water partition coefficient (Wildman–Crippen LogP) is 13.8. The standard InChI is InChI=1S/2C25H28F2N6O4.2C25H29FN6O4/c1-14(2)37-13-16(12-34)33(24-22(26)19(35-4)8-20(36-5)23(24)27)21-7-6-17-25(31-21)30-18(10-28-17)15-9-29-32(3)11-15;1-14(2)37-13-16(34)12-33(24-22(26)19(35-4)8-20(36-5)23(24)27)21-7-6-17-25(31-21)30-18(10-28-17)15-9-29-32(3)11-15;1-15(2)36-14-17(33)13-32(21-8-18(34-4)9-22(35-5)24(21)26)23-7-6-19-25(30-23)29-20(11-27-19)16-10-28-31(3)12-16;1-15(2)36-14-17(33)13-32-23(29-20-8-18(34-4)9-22(35-5)24(20)26)7-6-19-25(32)30-21(11-27-19)16-10-28-31(3)12-16/h2*6-11,14,16,34H,12-13H2,1-5H3;2*6-12,15,17,33H,13-14H2,1-5H3. The van der Waals surface area contributed by atoms with E-state index in [4.69, 9.17) is 61.8 Å². The van der Waals surface area contributed by atoms with Crippen molar-refractivity contribution < 1.29 is 104 Å². The van der Waals surface area contributed by atoms with Gasteiger partial charge in [0.2, 0.25) is 0 Å². The van der Waals surface area contributed by atoms with Crippen molar-refractivity contribution >= 4 is 84.9 Å². The number of pyridine rings is 4. The number of aliphatic hydroxyl groups excluding tert-OH is 4. The van der Waals surface area contributed by atoms with Crippen LogP contribution in [0.5, 0.6) is 46.0 Å². The zero-order chi connectivity index (χ0) is 105. The van der Waals surface area contributed by atoms with Crippen LogP contribution in [0.15, 0.2) is 164 Å². The van der Waals surface area contributed by atoms with Gasteiger partial charge in [0, 0.05) is 112 Å². The van der Waals surface area contributed by atoms with Gasteiger partial charge in [0.1, 0.15) is 73.6 Å². The molecule has 0 spiro atoms. The van der Waals surface area contributed by atoms with Gasteiger partial charge in [-0.05, 0) is 104 Å². The van der Waals surface area contributed by atoms with Crippen LogP contribution >= 0.6 is 0 Å². The lowest BCUT2D eigenvalue weighted by Gasteiger charge is -2.33. The summed E-state index contributed by atoms with van der Waals surface area (Å²) >= 11 is 0. The number of hydrogen-bond donors (Lipinski definition) is 4. The Morgan fingerprint density at radius 2 is 0.705 bits per heavy atom. The van der Waals surface area contributed by atoms with E-state index in [1.807, 2.05) is 81.9 Å². The van der Waals surface area contributed by atoms with Gasteiger partial charge < -0.3 is 96.5 Å². The van der Waals surface area contributed by atoms with Gasteiger partial charge in [0.05, 0.1) is 236 Å². The molecule has 0 aliphatic heterocycles. The minimum Gasteiger partial charge on any atom is -0.497 e. The van der Waals surface area contributed by atoms with Crippen LogP contribution in [0.25, 0.3) is 89.7 Å². The molecule has 146 heavy (non-hydrogen) atoms. The van der Waals surface area contributed by atoms with Gasteiger partial charge in [0.25, 0.3) is 0 Å². The molecule has 0 fully saturated rings. The second-order valence-corrected chi connectivity index (χ2v) is 34.0. The van der Waals surface area contributed by atoms with Gasteiger partial charge in [-0.1, -0.05) is 0 Å². The molecule has 4 atom stereocenters. The van der Waals surface area contributed by atoms with Crippen molar-refractivity contribution in [2.75, 3.05) is 118 Å². The molecule has 46 heteroatoms. The second-order valence-electron chi connectivity index (χ2n) is 34.0.